The molecule has 27 heavy (non-hydrogen) atoms. The van der Waals surface area contributed by atoms with E-state index in [1.165, 1.54) is 5.56 Å². The number of hydrogen-bond acceptors (Lipinski definition) is 4. The van der Waals surface area contributed by atoms with Crippen LogP contribution in [-0.4, -0.2) is 61.5 Å². The van der Waals surface area contributed by atoms with Crippen LogP contribution in [0.2, 0.25) is 0 Å². The minimum absolute atomic E-state index is 0.390. The molecule has 5 heteroatoms. The first-order valence-corrected chi connectivity index (χ1v) is 9.76. The van der Waals surface area contributed by atoms with Crippen LogP contribution < -0.4 is 11.1 Å². The SMILES string of the molecule is CC(CN1CCN(CCNc2ccccc2C(N)=O)CC1)c1ccccc1. The summed E-state index contributed by atoms with van der Waals surface area (Å²) in [7, 11) is 0. The third kappa shape index (κ3) is 5.55. The topological polar surface area (TPSA) is 61.6 Å². The fourth-order valence-corrected chi connectivity index (χ4v) is 3.67. The Hall–Kier alpha value is -2.37. The van der Waals surface area contributed by atoms with E-state index in [0.717, 1.165) is 51.5 Å². The van der Waals surface area contributed by atoms with Crippen LogP contribution >= 0.6 is 0 Å². The lowest BCUT2D eigenvalue weighted by molar-refractivity contribution is 0.100. The lowest BCUT2D eigenvalue weighted by atomic mass is 10.0. The molecule has 1 heterocycles. The van der Waals surface area contributed by atoms with E-state index < -0.39 is 0 Å². The van der Waals surface area contributed by atoms with Gasteiger partial charge in [-0.3, -0.25) is 9.69 Å². The van der Waals surface area contributed by atoms with Gasteiger partial charge in [0, 0.05) is 51.5 Å². The summed E-state index contributed by atoms with van der Waals surface area (Å²) in [6.07, 6.45) is 0. The van der Waals surface area contributed by atoms with Crippen molar-refractivity contribution in [1.82, 2.24) is 9.80 Å². The summed E-state index contributed by atoms with van der Waals surface area (Å²) >= 11 is 0. The van der Waals surface area contributed by atoms with Gasteiger partial charge in [0.05, 0.1) is 5.56 Å². The average Bonchev–Trinajstić information content (AvgIpc) is 2.70. The van der Waals surface area contributed by atoms with Crippen LogP contribution in [-0.2, 0) is 0 Å². The van der Waals surface area contributed by atoms with E-state index in [0.29, 0.717) is 11.5 Å². The van der Waals surface area contributed by atoms with Crippen molar-refractivity contribution >= 4 is 11.6 Å². The van der Waals surface area contributed by atoms with Crippen LogP contribution in [0.15, 0.2) is 54.6 Å². The van der Waals surface area contributed by atoms with E-state index in [4.69, 9.17) is 5.73 Å². The molecule has 0 spiro atoms. The zero-order chi connectivity index (χ0) is 19.1. The minimum Gasteiger partial charge on any atom is -0.383 e. The first-order valence-electron chi connectivity index (χ1n) is 9.76. The predicted molar refractivity (Wildman–Crippen MR) is 111 cm³/mol. The molecule has 1 atom stereocenters. The van der Waals surface area contributed by atoms with Crippen molar-refractivity contribution in [3.8, 4) is 0 Å². The summed E-state index contributed by atoms with van der Waals surface area (Å²) in [6.45, 7) is 9.58. The molecule has 0 bridgehead atoms. The van der Waals surface area contributed by atoms with Gasteiger partial charge in [0.1, 0.15) is 0 Å². The van der Waals surface area contributed by atoms with Crippen molar-refractivity contribution in [2.75, 3.05) is 51.1 Å². The van der Waals surface area contributed by atoms with Crippen molar-refractivity contribution in [2.45, 2.75) is 12.8 Å². The van der Waals surface area contributed by atoms with Crippen LogP contribution in [0.1, 0.15) is 28.8 Å². The van der Waals surface area contributed by atoms with Crippen molar-refractivity contribution in [2.24, 2.45) is 5.73 Å². The number of carbonyl (C=O) groups is 1. The first kappa shape index (κ1) is 19.4. The van der Waals surface area contributed by atoms with Gasteiger partial charge in [-0.15, -0.1) is 0 Å². The maximum Gasteiger partial charge on any atom is 0.250 e. The average molecular weight is 367 g/mol. The highest BCUT2D eigenvalue weighted by molar-refractivity contribution is 5.98. The normalized spacial score (nSPS) is 16.8. The molecule has 3 N–H and O–H groups in total. The quantitative estimate of drug-likeness (QED) is 0.754. The van der Waals surface area contributed by atoms with Crippen molar-refractivity contribution < 1.29 is 4.79 Å². The van der Waals surface area contributed by atoms with Crippen LogP contribution in [0.5, 0.6) is 0 Å². The zero-order valence-electron chi connectivity index (χ0n) is 16.1. The lowest BCUT2D eigenvalue weighted by Gasteiger charge is -2.36. The van der Waals surface area contributed by atoms with E-state index in [-0.39, 0.29) is 5.91 Å². The maximum absolute atomic E-state index is 11.5. The van der Waals surface area contributed by atoms with Gasteiger partial charge in [-0.1, -0.05) is 49.4 Å². The molecular weight excluding hydrogens is 336 g/mol. The Bertz CT molecular complexity index is 726. The second kappa shape index (κ2) is 9.53. The number of nitrogens with one attached hydrogen (secondary N) is 1. The summed E-state index contributed by atoms with van der Waals surface area (Å²) in [5.74, 6) is 0.170. The van der Waals surface area contributed by atoms with Crippen molar-refractivity contribution in [1.29, 1.82) is 0 Å². The molecule has 1 unspecified atom stereocenters. The Morgan fingerprint density at radius 3 is 2.33 bits per heavy atom. The van der Waals surface area contributed by atoms with Gasteiger partial charge in [0.25, 0.3) is 5.91 Å². The molecule has 1 saturated heterocycles. The summed E-state index contributed by atoms with van der Waals surface area (Å²) in [4.78, 5) is 16.5. The number of amides is 1. The summed E-state index contributed by atoms with van der Waals surface area (Å²) in [5.41, 5.74) is 8.22. The monoisotopic (exact) mass is 366 g/mol. The Morgan fingerprint density at radius 2 is 1.63 bits per heavy atom. The highest BCUT2D eigenvalue weighted by Crippen LogP contribution is 2.17. The van der Waals surface area contributed by atoms with E-state index in [2.05, 4.69) is 52.4 Å². The van der Waals surface area contributed by atoms with Gasteiger partial charge >= 0.3 is 0 Å². The second-order valence-electron chi connectivity index (χ2n) is 7.29. The predicted octanol–water partition coefficient (Wildman–Crippen LogP) is 2.62. The van der Waals surface area contributed by atoms with Crippen LogP contribution in [0.3, 0.4) is 0 Å². The summed E-state index contributed by atoms with van der Waals surface area (Å²) in [6, 6.07) is 18.2. The molecule has 144 valence electrons. The number of nitrogens with two attached hydrogens (primary N) is 1. The smallest absolute Gasteiger partial charge is 0.250 e. The largest absolute Gasteiger partial charge is 0.383 e. The molecule has 0 aliphatic carbocycles. The van der Waals surface area contributed by atoms with E-state index in [1.807, 2.05) is 18.2 Å². The molecule has 3 rings (SSSR count). The fraction of sp³-hybridized carbons (Fsp3) is 0.409. The Balaban J connectivity index is 1.39. The number of hydrogen-bond donors (Lipinski definition) is 2. The van der Waals surface area contributed by atoms with E-state index >= 15 is 0 Å². The third-order valence-electron chi connectivity index (χ3n) is 5.30. The highest BCUT2D eigenvalue weighted by Gasteiger charge is 2.19. The van der Waals surface area contributed by atoms with E-state index in [1.54, 1.807) is 6.07 Å². The molecule has 5 nitrogen and oxygen atoms in total. The van der Waals surface area contributed by atoms with Gasteiger partial charge in [-0.25, -0.2) is 0 Å². The van der Waals surface area contributed by atoms with Crippen LogP contribution in [0.25, 0.3) is 0 Å². The van der Waals surface area contributed by atoms with Gasteiger partial charge in [-0.2, -0.15) is 0 Å². The minimum atomic E-state index is -0.390. The third-order valence-corrected chi connectivity index (χ3v) is 5.30. The molecule has 1 aliphatic heterocycles. The zero-order valence-corrected chi connectivity index (χ0v) is 16.1. The number of rotatable bonds is 8. The number of nitrogens with zero attached hydrogens (tertiary/aromatic N) is 2. The Kier molecular flexibility index (Phi) is 6.85. The first-order chi connectivity index (χ1) is 13.1. The molecule has 2 aromatic carbocycles. The van der Waals surface area contributed by atoms with Gasteiger partial charge < -0.3 is 16.0 Å². The Morgan fingerprint density at radius 1 is 1.00 bits per heavy atom. The van der Waals surface area contributed by atoms with Crippen molar-refractivity contribution in [3.63, 3.8) is 0 Å². The molecule has 0 saturated carbocycles. The molecule has 1 aliphatic rings. The molecule has 1 fully saturated rings. The molecule has 1 amide bonds. The standard InChI is InChI=1S/C22H30N4O/c1-18(19-7-3-2-4-8-19)17-26-15-13-25(14-16-26)12-11-24-21-10-6-5-9-20(21)22(23)27/h2-10,18,24H,11-17H2,1H3,(H2,23,27). The van der Waals surface area contributed by atoms with Crippen molar-refractivity contribution in [3.05, 3.63) is 65.7 Å². The molecule has 0 radical (unpaired) electrons. The number of anilines is 1. The number of piperazine rings is 1. The summed E-state index contributed by atoms with van der Waals surface area (Å²) in [5, 5.41) is 3.35. The Labute approximate surface area is 162 Å². The maximum atomic E-state index is 11.5. The van der Waals surface area contributed by atoms with Crippen LogP contribution in [0.4, 0.5) is 5.69 Å². The number of benzene rings is 2. The van der Waals surface area contributed by atoms with Gasteiger partial charge in [0.15, 0.2) is 0 Å². The molecule has 2 aromatic rings. The van der Waals surface area contributed by atoms with Crippen LogP contribution in [0, 0.1) is 0 Å². The number of carbonyl (C=O) groups excluding carboxylic acids is 1. The molecule has 0 aromatic heterocycles. The highest BCUT2D eigenvalue weighted by atomic mass is 16.1. The van der Waals surface area contributed by atoms with E-state index in [9.17, 15) is 4.79 Å². The number of para-hydroxylation sites is 1. The molecular formula is C22H30N4O. The second-order valence-corrected chi connectivity index (χ2v) is 7.29. The van der Waals surface area contributed by atoms with Gasteiger partial charge in [-0.05, 0) is 23.6 Å². The fourth-order valence-electron chi connectivity index (χ4n) is 3.67. The lowest BCUT2D eigenvalue weighted by Crippen LogP contribution is -2.48. The number of primary amides is 1. The van der Waals surface area contributed by atoms with Gasteiger partial charge in [0.2, 0.25) is 0 Å². The summed E-state index contributed by atoms with van der Waals surface area (Å²) < 4.78 is 0.